The largest absolute Gasteiger partial charge is 0.324 e. The van der Waals surface area contributed by atoms with Crippen LogP contribution in [0.4, 0.5) is 0 Å². The lowest BCUT2D eigenvalue weighted by Crippen LogP contribution is -2.09. The maximum atomic E-state index is 6.27. The van der Waals surface area contributed by atoms with Crippen molar-refractivity contribution in [3.8, 4) is 0 Å². The highest BCUT2D eigenvalue weighted by atomic mass is 15.2. The van der Waals surface area contributed by atoms with Gasteiger partial charge in [0.05, 0.1) is 11.7 Å². The van der Waals surface area contributed by atoms with Gasteiger partial charge in [0, 0.05) is 17.8 Å². The van der Waals surface area contributed by atoms with Crippen molar-refractivity contribution in [2.75, 3.05) is 0 Å². The molecule has 0 aliphatic carbocycles. The molecule has 1 atom stereocenters. The molecular weight excluding hydrogens is 222 g/mol. The van der Waals surface area contributed by atoms with E-state index in [2.05, 4.69) is 18.1 Å². The van der Waals surface area contributed by atoms with E-state index < -0.39 is 0 Å². The molecule has 3 nitrogen and oxygen atoms in total. The highest BCUT2D eigenvalue weighted by Crippen LogP contribution is 2.21. The average molecular weight is 245 g/mol. The predicted molar refractivity (Wildman–Crippen MR) is 75.5 cm³/mol. The zero-order valence-electron chi connectivity index (χ0n) is 11.2. The van der Waals surface area contributed by atoms with Gasteiger partial charge in [-0.25, -0.2) is 4.52 Å². The highest BCUT2D eigenvalue weighted by Gasteiger charge is 2.11. The summed E-state index contributed by atoms with van der Waals surface area (Å²) in [5.74, 6) is 0. The number of hydrogen-bond acceptors (Lipinski definition) is 2. The molecule has 0 aliphatic rings. The Labute approximate surface area is 109 Å². The molecule has 0 saturated heterocycles. The van der Waals surface area contributed by atoms with Gasteiger partial charge in [0.1, 0.15) is 0 Å². The normalized spacial score (nSPS) is 13.0. The van der Waals surface area contributed by atoms with E-state index in [1.54, 1.807) is 0 Å². The van der Waals surface area contributed by atoms with Crippen molar-refractivity contribution < 1.29 is 0 Å². The van der Waals surface area contributed by atoms with Crippen LogP contribution < -0.4 is 5.73 Å². The molecule has 18 heavy (non-hydrogen) atoms. The van der Waals surface area contributed by atoms with Crippen LogP contribution in [0.15, 0.2) is 30.6 Å². The molecule has 0 spiro atoms. The number of aromatic nitrogens is 2. The first-order valence-corrected chi connectivity index (χ1v) is 7.00. The molecule has 2 aromatic rings. The lowest BCUT2D eigenvalue weighted by atomic mass is 10.0. The predicted octanol–water partition coefficient (Wildman–Crippen LogP) is 3.69. The van der Waals surface area contributed by atoms with Crippen LogP contribution in [-0.4, -0.2) is 9.61 Å². The maximum absolute atomic E-state index is 6.27. The standard InChI is InChI=1S/C15H23N3/c1-2-3-4-5-6-9-14(16)13-12-17-18-11-8-7-10-15(13)18/h7-8,10-12,14H,2-6,9,16H2,1H3. The monoisotopic (exact) mass is 245 g/mol. The van der Waals surface area contributed by atoms with Gasteiger partial charge >= 0.3 is 0 Å². The molecule has 0 aromatic carbocycles. The minimum Gasteiger partial charge on any atom is -0.324 e. The van der Waals surface area contributed by atoms with Crippen LogP contribution in [0.2, 0.25) is 0 Å². The molecule has 2 N–H and O–H groups in total. The van der Waals surface area contributed by atoms with E-state index in [4.69, 9.17) is 5.73 Å². The molecule has 0 radical (unpaired) electrons. The van der Waals surface area contributed by atoms with Gasteiger partial charge < -0.3 is 5.73 Å². The van der Waals surface area contributed by atoms with Crippen molar-refractivity contribution in [2.45, 2.75) is 51.5 Å². The van der Waals surface area contributed by atoms with Gasteiger partial charge in [0.15, 0.2) is 0 Å². The summed E-state index contributed by atoms with van der Waals surface area (Å²) < 4.78 is 1.90. The number of unbranched alkanes of at least 4 members (excludes halogenated alkanes) is 4. The van der Waals surface area contributed by atoms with Crippen molar-refractivity contribution in [1.29, 1.82) is 0 Å². The Kier molecular flexibility index (Phi) is 4.76. The number of nitrogens with two attached hydrogens (primary N) is 1. The second-order valence-corrected chi connectivity index (χ2v) is 4.94. The average Bonchev–Trinajstić information content (AvgIpc) is 2.82. The maximum Gasteiger partial charge on any atom is 0.0709 e. The third-order valence-electron chi connectivity index (χ3n) is 3.47. The third-order valence-corrected chi connectivity index (χ3v) is 3.47. The summed E-state index contributed by atoms with van der Waals surface area (Å²) in [4.78, 5) is 0. The summed E-state index contributed by atoms with van der Waals surface area (Å²) in [6, 6.07) is 6.22. The fourth-order valence-electron chi connectivity index (χ4n) is 2.36. The number of hydrogen-bond donors (Lipinski definition) is 1. The molecule has 2 rings (SSSR count). The van der Waals surface area contributed by atoms with Gasteiger partial charge in [-0.2, -0.15) is 5.10 Å². The second kappa shape index (κ2) is 6.55. The molecule has 98 valence electrons. The smallest absolute Gasteiger partial charge is 0.0709 e. The molecule has 0 fully saturated rings. The van der Waals surface area contributed by atoms with Crippen LogP contribution >= 0.6 is 0 Å². The molecule has 0 amide bonds. The first-order valence-electron chi connectivity index (χ1n) is 7.00. The topological polar surface area (TPSA) is 43.3 Å². The Bertz CT molecular complexity index is 475. The van der Waals surface area contributed by atoms with Crippen molar-refractivity contribution >= 4 is 5.52 Å². The van der Waals surface area contributed by atoms with Gasteiger partial charge in [0.25, 0.3) is 0 Å². The van der Waals surface area contributed by atoms with Crippen molar-refractivity contribution in [1.82, 2.24) is 9.61 Å². The number of fused-ring (bicyclic) bond motifs is 1. The summed E-state index contributed by atoms with van der Waals surface area (Å²) >= 11 is 0. The SMILES string of the molecule is CCCCCCCC(N)c1cnn2ccccc12. The zero-order valence-corrected chi connectivity index (χ0v) is 11.2. The number of nitrogens with zero attached hydrogens (tertiary/aromatic N) is 2. The van der Waals surface area contributed by atoms with E-state index in [-0.39, 0.29) is 6.04 Å². The first-order chi connectivity index (χ1) is 8.83. The van der Waals surface area contributed by atoms with Crippen LogP contribution in [0.25, 0.3) is 5.52 Å². The van der Waals surface area contributed by atoms with E-state index in [1.807, 2.05) is 29.0 Å². The van der Waals surface area contributed by atoms with Gasteiger partial charge in [-0.05, 0) is 18.6 Å². The van der Waals surface area contributed by atoms with E-state index in [1.165, 1.54) is 37.7 Å². The minimum atomic E-state index is 0.117. The van der Waals surface area contributed by atoms with Crippen LogP contribution in [0.3, 0.4) is 0 Å². The third kappa shape index (κ3) is 3.10. The Hall–Kier alpha value is -1.35. The summed E-state index contributed by atoms with van der Waals surface area (Å²) in [6.45, 7) is 2.24. The first kappa shape index (κ1) is 13.1. The zero-order chi connectivity index (χ0) is 12.8. The number of rotatable bonds is 7. The van der Waals surface area contributed by atoms with Gasteiger partial charge in [-0.15, -0.1) is 0 Å². The summed E-state index contributed by atoms with van der Waals surface area (Å²) in [7, 11) is 0. The van der Waals surface area contributed by atoms with E-state index in [0.29, 0.717) is 0 Å². The van der Waals surface area contributed by atoms with E-state index in [0.717, 1.165) is 11.9 Å². The quantitative estimate of drug-likeness (QED) is 0.756. The fraction of sp³-hybridized carbons (Fsp3) is 0.533. The Morgan fingerprint density at radius 1 is 1.22 bits per heavy atom. The Balaban J connectivity index is 1.90. The van der Waals surface area contributed by atoms with Gasteiger partial charge in [-0.3, -0.25) is 0 Å². The van der Waals surface area contributed by atoms with Crippen LogP contribution in [0.1, 0.15) is 57.1 Å². The molecular formula is C15H23N3. The summed E-state index contributed by atoms with van der Waals surface area (Å²) in [5, 5.41) is 4.33. The lowest BCUT2D eigenvalue weighted by Gasteiger charge is -2.10. The Morgan fingerprint density at radius 3 is 2.89 bits per heavy atom. The lowest BCUT2D eigenvalue weighted by molar-refractivity contribution is 0.557. The van der Waals surface area contributed by atoms with Crippen molar-refractivity contribution in [3.63, 3.8) is 0 Å². The molecule has 2 aromatic heterocycles. The molecule has 3 heteroatoms. The Morgan fingerprint density at radius 2 is 2.06 bits per heavy atom. The summed E-state index contributed by atoms with van der Waals surface area (Å²) in [5.41, 5.74) is 8.58. The summed E-state index contributed by atoms with van der Waals surface area (Å²) in [6.07, 6.45) is 11.4. The molecule has 0 saturated carbocycles. The van der Waals surface area contributed by atoms with Crippen LogP contribution in [0.5, 0.6) is 0 Å². The van der Waals surface area contributed by atoms with E-state index in [9.17, 15) is 0 Å². The molecule has 1 unspecified atom stereocenters. The van der Waals surface area contributed by atoms with Gasteiger partial charge in [0.2, 0.25) is 0 Å². The molecule has 0 bridgehead atoms. The minimum absolute atomic E-state index is 0.117. The number of pyridine rings is 1. The van der Waals surface area contributed by atoms with Crippen molar-refractivity contribution in [2.24, 2.45) is 5.73 Å². The van der Waals surface area contributed by atoms with E-state index >= 15 is 0 Å². The molecule has 2 heterocycles. The van der Waals surface area contributed by atoms with Crippen molar-refractivity contribution in [3.05, 3.63) is 36.2 Å². The van der Waals surface area contributed by atoms with Crippen LogP contribution in [-0.2, 0) is 0 Å². The highest BCUT2D eigenvalue weighted by molar-refractivity contribution is 5.54. The fourth-order valence-corrected chi connectivity index (χ4v) is 2.36. The second-order valence-electron chi connectivity index (χ2n) is 4.94. The molecule has 0 aliphatic heterocycles. The van der Waals surface area contributed by atoms with Crippen LogP contribution in [0, 0.1) is 0 Å². The van der Waals surface area contributed by atoms with Gasteiger partial charge in [-0.1, -0.05) is 45.1 Å².